The summed E-state index contributed by atoms with van der Waals surface area (Å²) in [7, 11) is 1.99. The fraction of sp³-hybridized carbons (Fsp3) is 0.632. The molecule has 1 fully saturated rings. The van der Waals surface area contributed by atoms with Gasteiger partial charge in [-0.25, -0.2) is 0 Å². The maximum atomic E-state index is 12.4. The van der Waals surface area contributed by atoms with Crippen LogP contribution in [-0.4, -0.2) is 55.5 Å². The van der Waals surface area contributed by atoms with Gasteiger partial charge in [0.1, 0.15) is 12.4 Å². The highest BCUT2D eigenvalue weighted by atomic mass is 16.5. The summed E-state index contributed by atoms with van der Waals surface area (Å²) < 4.78 is 5.73. The zero-order chi connectivity index (χ0) is 16.5. The van der Waals surface area contributed by atoms with Gasteiger partial charge in [-0.3, -0.25) is 9.69 Å². The Labute approximate surface area is 140 Å². The third kappa shape index (κ3) is 6.61. The van der Waals surface area contributed by atoms with Gasteiger partial charge in [-0.1, -0.05) is 37.0 Å². The topological polar surface area (TPSA) is 32.8 Å². The van der Waals surface area contributed by atoms with Gasteiger partial charge in [0.15, 0.2) is 0 Å². The predicted molar refractivity (Wildman–Crippen MR) is 93.8 cm³/mol. The first-order valence-electron chi connectivity index (χ1n) is 8.81. The maximum absolute atomic E-state index is 12.4. The summed E-state index contributed by atoms with van der Waals surface area (Å²) in [6.07, 6.45) is 6.12. The van der Waals surface area contributed by atoms with E-state index in [1.807, 2.05) is 36.2 Å². The molecule has 0 radical (unpaired) electrons. The number of hydrogen-bond donors (Lipinski definition) is 0. The highest BCUT2D eigenvalue weighted by Gasteiger charge is 2.16. The van der Waals surface area contributed by atoms with E-state index >= 15 is 0 Å². The van der Waals surface area contributed by atoms with E-state index in [9.17, 15) is 4.79 Å². The summed E-state index contributed by atoms with van der Waals surface area (Å²) in [6.45, 7) is 5.75. The lowest BCUT2D eigenvalue weighted by molar-refractivity contribution is -0.132. The van der Waals surface area contributed by atoms with E-state index in [2.05, 4.69) is 11.8 Å². The average molecular weight is 318 g/mol. The number of hydrogen-bond acceptors (Lipinski definition) is 3. The van der Waals surface area contributed by atoms with E-state index in [0.717, 1.165) is 38.2 Å². The molecule has 1 aliphatic rings. The molecule has 23 heavy (non-hydrogen) atoms. The number of benzene rings is 1. The molecule has 1 amide bonds. The van der Waals surface area contributed by atoms with Gasteiger partial charge in [-0.15, -0.1) is 0 Å². The molecular weight excluding hydrogens is 288 g/mol. The van der Waals surface area contributed by atoms with Gasteiger partial charge >= 0.3 is 0 Å². The van der Waals surface area contributed by atoms with Crippen LogP contribution in [-0.2, 0) is 4.79 Å². The first-order chi connectivity index (χ1) is 11.1. The number of likely N-dealkylation sites (tertiary alicyclic amines) is 1. The molecule has 128 valence electrons. The van der Waals surface area contributed by atoms with Gasteiger partial charge in [-0.2, -0.15) is 0 Å². The van der Waals surface area contributed by atoms with Crippen LogP contribution in [0.1, 0.15) is 37.7 Å². The molecule has 1 saturated heterocycles. The van der Waals surface area contributed by atoms with E-state index in [4.69, 9.17) is 4.74 Å². The fourth-order valence-corrected chi connectivity index (χ4v) is 2.86. The van der Waals surface area contributed by atoms with Crippen LogP contribution in [0, 0.1) is 6.92 Å². The minimum absolute atomic E-state index is 0.254. The summed E-state index contributed by atoms with van der Waals surface area (Å²) in [5.74, 6) is 1.14. The zero-order valence-electron chi connectivity index (χ0n) is 14.6. The maximum Gasteiger partial charge on any atom is 0.236 e. The molecule has 0 N–H and O–H groups in total. The Morgan fingerprint density at radius 2 is 1.70 bits per heavy atom. The number of nitrogens with zero attached hydrogens (tertiary/aromatic N) is 2. The van der Waals surface area contributed by atoms with Gasteiger partial charge in [-0.05, 0) is 38.9 Å². The van der Waals surface area contributed by atoms with Gasteiger partial charge in [0.05, 0.1) is 6.54 Å². The second-order valence-electron chi connectivity index (χ2n) is 6.55. The molecule has 0 bridgehead atoms. The highest BCUT2D eigenvalue weighted by Crippen LogP contribution is 2.12. The number of amides is 1. The monoisotopic (exact) mass is 318 g/mol. The van der Waals surface area contributed by atoms with Gasteiger partial charge in [0, 0.05) is 19.6 Å². The normalized spacial score (nSPS) is 16.0. The van der Waals surface area contributed by atoms with Crippen molar-refractivity contribution in [1.82, 2.24) is 9.80 Å². The summed E-state index contributed by atoms with van der Waals surface area (Å²) >= 11 is 0. The molecule has 0 spiro atoms. The second-order valence-corrected chi connectivity index (χ2v) is 6.55. The average Bonchev–Trinajstić information content (AvgIpc) is 2.48. The second kappa shape index (κ2) is 9.56. The summed E-state index contributed by atoms with van der Waals surface area (Å²) in [6, 6.07) is 8.07. The van der Waals surface area contributed by atoms with Gasteiger partial charge < -0.3 is 9.64 Å². The molecular formula is C19H30N2O2. The standard InChI is InChI=1S/C19H30N2O2/c1-17-8-10-18(11-9-17)23-15-14-20(2)16-19(22)21-12-6-4-3-5-7-13-21/h8-11H,3-7,12-16H2,1-2H3. The van der Waals surface area contributed by atoms with Crippen molar-refractivity contribution in [1.29, 1.82) is 0 Å². The molecule has 1 aromatic carbocycles. The quantitative estimate of drug-likeness (QED) is 0.808. The zero-order valence-corrected chi connectivity index (χ0v) is 14.6. The largest absolute Gasteiger partial charge is 0.492 e. The van der Waals surface area contributed by atoms with Crippen molar-refractivity contribution < 1.29 is 9.53 Å². The van der Waals surface area contributed by atoms with Crippen molar-refractivity contribution in [3.63, 3.8) is 0 Å². The van der Waals surface area contributed by atoms with Crippen LogP contribution < -0.4 is 4.74 Å². The Morgan fingerprint density at radius 3 is 2.35 bits per heavy atom. The van der Waals surface area contributed by atoms with Crippen LogP contribution in [0.25, 0.3) is 0 Å². The van der Waals surface area contributed by atoms with Crippen LogP contribution in [0.15, 0.2) is 24.3 Å². The lowest BCUT2D eigenvalue weighted by atomic mass is 10.1. The molecule has 0 saturated carbocycles. The van der Waals surface area contributed by atoms with E-state index in [0.29, 0.717) is 13.2 Å². The Hall–Kier alpha value is -1.55. The third-order valence-electron chi connectivity index (χ3n) is 4.38. The van der Waals surface area contributed by atoms with Crippen molar-refractivity contribution >= 4 is 5.91 Å². The number of ether oxygens (including phenoxy) is 1. The summed E-state index contributed by atoms with van der Waals surface area (Å²) in [5, 5.41) is 0. The Bertz CT molecular complexity index is 465. The molecule has 4 nitrogen and oxygen atoms in total. The molecule has 0 atom stereocenters. The van der Waals surface area contributed by atoms with Gasteiger partial charge in [0.25, 0.3) is 0 Å². The molecule has 0 aromatic heterocycles. The molecule has 0 unspecified atom stereocenters. The third-order valence-corrected chi connectivity index (χ3v) is 4.38. The Balaban J connectivity index is 1.67. The van der Waals surface area contributed by atoms with Crippen LogP contribution in [0.3, 0.4) is 0 Å². The fourth-order valence-electron chi connectivity index (χ4n) is 2.86. The lowest BCUT2D eigenvalue weighted by Gasteiger charge is -2.27. The number of likely N-dealkylation sites (N-methyl/N-ethyl adjacent to an activating group) is 1. The van der Waals surface area contributed by atoms with Crippen LogP contribution in [0.2, 0.25) is 0 Å². The smallest absolute Gasteiger partial charge is 0.236 e. The van der Waals surface area contributed by atoms with Crippen LogP contribution in [0.5, 0.6) is 5.75 Å². The molecule has 1 heterocycles. The minimum atomic E-state index is 0.254. The molecule has 1 aromatic rings. The van der Waals surface area contributed by atoms with Crippen molar-refractivity contribution in [3.8, 4) is 5.75 Å². The predicted octanol–water partition coefficient (Wildman–Crippen LogP) is 3.10. The van der Waals surface area contributed by atoms with Crippen molar-refractivity contribution in [3.05, 3.63) is 29.8 Å². The van der Waals surface area contributed by atoms with E-state index in [1.54, 1.807) is 0 Å². The molecule has 2 rings (SSSR count). The molecule has 1 aliphatic heterocycles. The number of carbonyl (C=O) groups is 1. The van der Waals surface area contributed by atoms with Crippen molar-refractivity contribution in [2.45, 2.75) is 39.0 Å². The first-order valence-corrected chi connectivity index (χ1v) is 8.81. The van der Waals surface area contributed by atoms with Crippen molar-refractivity contribution in [2.24, 2.45) is 0 Å². The summed E-state index contributed by atoms with van der Waals surface area (Å²) in [4.78, 5) is 16.5. The number of rotatable bonds is 6. The molecule has 0 aliphatic carbocycles. The van der Waals surface area contributed by atoms with Crippen molar-refractivity contribution in [2.75, 3.05) is 39.8 Å². The number of carbonyl (C=O) groups excluding carboxylic acids is 1. The Morgan fingerprint density at radius 1 is 1.09 bits per heavy atom. The minimum Gasteiger partial charge on any atom is -0.492 e. The van der Waals surface area contributed by atoms with E-state index in [1.165, 1.54) is 24.8 Å². The Kier molecular flexibility index (Phi) is 7.40. The summed E-state index contributed by atoms with van der Waals surface area (Å²) in [5.41, 5.74) is 1.23. The van der Waals surface area contributed by atoms with Crippen LogP contribution >= 0.6 is 0 Å². The number of aryl methyl sites for hydroxylation is 1. The van der Waals surface area contributed by atoms with Crippen LogP contribution in [0.4, 0.5) is 0 Å². The lowest BCUT2D eigenvalue weighted by Crippen LogP contribution is -2.41. The SMILES string of the molecule is Cc1ccc(OCCN(C)CC(=O)N2CCCCCCC2)cc1. The highest BCUT2D eigenvalue weighted by molar-refractivity contribution is 5.78. The molecule has 4 heteroatoms. The van der Waals surface area contributed by atoms with E-state index < -0.39 is 0 Å². The first kappa shape index (κ1) is 17.8. The van der Waals surface area contributed by atoms with E-state index in [-0.39, 0.29) is 5.91 Å². The van der Waals surface area contributed by atoms with Gasteiger partial charge in [0.2, 0.25) is 5.91 Å².